The minimum Gasteiger partial charge on any atom is -0.374 e. The molecule has 0 N–H and O–H groups in total. The van der Waals surface area contributed by atoms with Crippen molar-refractivity contribution >= 4 is 5.91 Å². The standard InChI is InChI=1S/C17H26FN3O2/c1-19(2)11-16-12-21(7-8-23-16)13-17(22)20(3)10-14-5-4-6-15(18)9-14/h4-6,9,16H,7-8,10-13H2,1-3H3. The van der Waals surface area contributed by atoms with E-state index in [-0.39, 0.29) is 17.8 Å². The normalized spacial score (nSPS) is 19.1. The molecule has 0 bridgehead atoms. The highest BCUT2D eigenvalue weighted by Crippen LogP contribution is 2.09. The van der Waals surface area contributed by atoms with Crippen LogP contribution in [0.15, 0.2) is 24.3 Å². The second kappa shape index (κ2) is 8.38. The smallest absolute Gasteiger partial charge is 0.236 e. The van der Waals surface area contributed by atoms with E-state index in [1.807, 2.05) is 20.2 Å². The molecule has 0 saturated carbocycles. The van der Waals surface area contributed by atoms with Crippen LogP contribution in [0.1, 0.15) is 5.56 Å². The number of halogens is 1. The number of carbonyl (C=O) groups excluding carboxylic acids is 1. The summed E-state index contributed by atoms with van der Waals surface area (Å²) in [6, 6.07) is 6.36. The SMILES string of the molecule is CN(C)CC1CN(CC(=O)N(C)Cc2cccc(F)c2)CCO1. The van der Waals surface area contributed by atoms with Crippen molar-refractivity contribution in [3.63, 3.8) is 0 Å². The number of nitrogens with zero attached hydrogens (tertiary/aromatic N) is 3. The second-order valence-electron chi connectivity index (χ2n) is 6.37. The summed E-state index contributed by atoms with van der Waals surface area (Å²) in [6.45, 7) is 3.82. The number of morpholine rings is 1. The van der Waals surface area contributed by atoms with Gasteiger partial charge in [0.1, 0.15) is 5.82 Å². The number of ether oxygens (including phenoxy) is 1. The number of rotatable bonds is 6. The summed E-state index contributed by atoms with van der Waals surface area (Å²) in [6.07, 6.45) is 0.139. The van der Waals surface area contributed by atoms with E-state index in [9.17, 15) is 9.18 Å². The predicted octanol–water partition coefficient (Wildman–Crippen LogP) is 1.05. The molecule has 1 fully saturated rings. The van der Waals surface area contributed by atoms with Crippen LogP contribution in [0, 0.1) is 5.82 Å². The Labute approximate surface area is 137 Å². The van der Waals surface area contributed by atoms with Crippen LogP contribution < -0.4 is 0 Å². The highest BCUT2D eigenvalue weighted by atomic mass is 19.1. The largest absolute Gasteiger partial charge is 0.374 e. The molecule has 5 nitrogen and oxygen atoms in total. The first kappa shape index (κ1) is 17.8. The van der Waals surface area contributed by atoms with Crippen LogP contribution in [0.5, 0.6) is 0 Å². The molecule has 0 radical (unpaired) electrons. The van der Waals surface area contributed by atoms with Gasteiger partial charge in [0, 0.05) is 33.2 Å². The average molecular weight is 323 g/mol. The fourth-order valence-corrected chi connectivity index (χ4v) is 2.75. The van der Waals surface area contributed by atoms with E-state index in [0.29, 0.717) is 19.7 Å². The zero-order valence-corrected chi connectivity index (χ0v) is 14.2. The number of carbonyl (C=O) groups is 1. The summed E-state index contributed by atoms with van der Waals surface area (Å²) in [4.78, 5) is 18.2. The summed E-state index contributed by atoms with van der Waals surface area (Å²) in [5, 5.41) is 0. The van der Waals surface area contributed by atoms with Crippen LogP contribution in [-0.4, -0.2) is 80.6 Å². The van der Waals surface area contributed by atoms with E-state index in [2.05, 4.69) is 9.80 Å². The van der Waals surface area contributed by atoms with Gasteiger partial charge < -0.3 is 14.5 Å². The van der Waals surface area contributed by atoms with Crippen LogP contribution in [-0.2, 0) is 16.1 Å². The fourth-order valence-electron chi connectivity index (χ4n) is 2.75. The summed E-state index contributed by atoms with van der Waals surface area (Å²) in [5.41, 5.74) is 0.799. The first-order valence-corrected chi connectivity index (χ1v) is 7.91. The second-order valence-corrected chi connectivity index (χ2v) is 6.37. The maximum Gasteiger partial charge on any atom is 0.236 e. The molecule has 1 aromatic rings. The van der Waals surface area contributed by atoms with E-state index < -0.39 is 0 Å². The minimum absolute atomic E-state index is 0.0414. The number of amides is 1. The first-order valence-electron chi connectivity index (χ1n) is 7.91. The number of benzene rings is 1. The van der Waals surface area contributed by atoms with E-state index >= 15 is 0 Å². The number of likely N-dealkylation sites (N-methyl/N-ethyl adjacent to an activating group) is 2. The highest BCUT2D eigenvalue weighted by molar-refractivity contribution is 5.78. The van der Waals surface area contributed by atoms with Gasteiger partial charge in [-0.2, -0.15) is 0 Å². The molecule has 1 aromatic carbocycles. The Hall–Kier alpha value is -1.50. The molecule has 1 unspecified atom stereocenters. The summed E-state index contributed by atoms with van der Waals surface area (Å²) < 4.78 is 18.9. The third-order valence-corrected chi connectivity index (χ3v) is 3.89. The summed E-state index contributed by atoms with van der Waals surface area (Å²) in [7, 11) is 5.78. The van der Waals surface area contributed by atoms with Crippen LogP contribution in [0.2, 0.25) is 0 Å². The van der Waals surface area contributed by atoms with Crippen LogP contribution >= 0.6 is 0 Å². The van der Waals surface area contributed by atoms with Gasteiger partial charge in [0.05, 0.1) is 19.3 Å². The van der Waals surface area contributed by atoms with Gasteiger partial charge in [-0.3, -0.25) is 9.69 Å². The number of hydrogen-bond acceptors (Lipinski definition) is 4. The van der Waals surface area contributed by atoms with Gasteiger partial charge in [-0.05, 0) is 31.8 Å². The van der Waals surface area contributed by atoms with Gasteiger partial charge in [-0.1, -0.05) is 12.1 Å². The van der Waals surface area contributed by atoms with E-state index in [1.54, 1.807) is 18.0 Å². The lowest BCUT2D eigenvalue weighted by Gasteiger charge is -2.34. The summed E-state index contributed by atoms with van der Waals surface area (Å²) in [5.74, 6) is -0.234. The van der Waals surface area contributed by atoms with Crippen molar-refractivity contribution in [3.05, 3.63) is 35.6 Å². The molecule has 0 aliphatic carbocycles. The Morgan fingerprint density at radius 2 is 2.17 bits per heavy atom. The maximum absolute atomic E-state index is 13.2. The van der Waals surface area contributed by atoms with Gasteiger partial charge in [0.25, 0.3) is 0 Å². The molecular formula is C17H26FN3O2. The molecule has 6 heteroatoms. The van der Waals surface area contributed by atoms with E-state index in [0.717, 1.165) is 25.2 Å². The van der Waals surface area contributed by atoms with Gasteiger partial charge in [0.15, 0.2) is 0 Å². The van der Waals surface area contributed by atoms with Crippen molar-refractivity contribution in [3.8, 4) is 0 Å². The highest BCUT2D eigenvalue weighted by Gasteiger charge is 2.23. The van der Waals surface area contributed by atoms with Crippen molar-refractivity contribution in [2.45, 2.75) is 12.6 Å². The third kappa shape index (κ3) is 5.89. The summed E-state index contributed by atoms with van der Waals surface area (Å²) >= 11 is 0. The zero-order chi connectivity index (χ0) is 16.8. The molecule has 2 rings (SSSR count). The molecule has 23 heavy (non-hydrogen) atoms. The molecule has 0 aromatic heterocycles. The fraction of sp³-hybridized carbons (Fsp3) is 0.588. The van der Waals surface area contributed by atoms with Gasteiger partial charge in [-0.15, -0.1) is 0 Å². The molecule has 1 atom stereocenters. The Bertz CT molecular complexity index is 524. The molecule has 1 heterocycles. The predicted molar refractivity (Wildman–Crippen MR) is 87.6 cm³/mol. The average Bonchev–Trinajstić information content (AvgIpc) is 2.46. The minimum atomic E-state index is -0.275. The lowest BCUT2D eigenvalue weighted by atomic mass is 10.2. The van der Waals surface area contributed by atoms with Crippen molar-refractivity contribution in [2.75, 3.05) is 53.9 Å². The lowest BCUT2D eigenvalue weighted by molar-refractivity contribution is -0.133. The Morgan fingerprint density at radius 1 is 1.39 bits per heavy atom. The van der Waals surface area contributed by atoms with Gasteiger partial charge >= 0.3 is 0 Å². The molecule has 1 aliphatic rings. The van der Waals surface area contributed by atoms with Crippen molar-refractivity contribution < 1.29 is 13.9 Å². The monoisotopic (exact) mass is 323 g/mol. The van der Waals surface area contributed by atoms with Crippen LogP contribution in [0.25, 0.3) is 0 Å². The topological polar surface area (TPSA) is 36.0 Å². The lowest BCUT2D eigenvalue weighted by Crippen LogP contribution is -2.49. The molecule has 0 spiro atoms. The molecule has 128 valence electrons. The first-order chi connectivity index (χ1) is 10.9. The Balaban J connectivity index is 1.83. The quantitative estimate of drug-likeness (QED) is 0.784. The van der Waals surface area contributed by atoms with E-state index in [1.165, 1.54) is 12.1 Å². The third-order valence-electron chi connectivity index (χ3n) is 3.89. The van der Waals surface area contributed by atoms with Crippen LogP contribution in [0.4, 0.5) is 4.39 Å². The number of hydrogen-bond donors (Lipinski definition) is 0. The van der Waals surface area contributed by atoms with Gasteiger partial charge in [-0.25, -0.2) is 4.39 Å². The molecule has 1 saturated heterocycles. The van der Waals surface area contributed by atoms with Crippen molar-refractivity contribution in [1.29, 1.82) is 0 Å². The van der Waals surface area contributed by atoms with Crippen molar-refractivity contribution in [1.82, 2.24) is 14.7 Å². The Morgan fingerprint density at radius 3 is 2.87 bits per heavy atom. The molecule has 1 amide bonds. The van der Waals surface area contributed by atoms with Crippen molar-refractivity contribution in [2.24, 2.45) is 0 Å². The Kier molecular flexibility index (Phi) is 6.50. The molecular weight excluding hydrogens is 297 g/mol. The maximum atomic E-state index is 13.2. The van der Waals surface area contributed by atoms with Crippen LogP contribution in [0.3, 0.4) is 0 Å². The van der Waals surface area contributed by atoms with E-state index in [4.69, 9.17) is 4.74 Å². The van der Waals surface area contributed by atoms with Gasteiger partial charge in [0.2, 0.25) is 5.91 Å². The molecule has 1 aliphatic heterocycles. The zero-order valence-electron chi connectivity index (χ0n) is 14.2.